The molecular formula is C20H17Cl2N3OS. The molecule has 27 heavy (non-hydrogen) atoms. The lowest BCUT2D eigenvalue weighted by Crippen LogP contribution is -2.27. The van der Waals surface area contributed by atoms with Crippen molar-refractivity contribution in [3.8, 4) is 16.8 Å². The molecule has 0 unspecified atom stereocenters. The molecule has 0 atom stereocenters. The first kappa shape index (κ1) is 18.3. The van der Waals surface area contributed by atoms with Gasteiger partial charge in [-0.3, -0.25) is 4.57 Å². The molecule has 0 spiro atoms. The second-order valence-corrected chi connectivity index (χ2v) is 8.03. The molecule has 4 rings (SSSR count). The minimum atomic E-state index is -0.161. The molecule has 138 valence electrons. The molecule has 1 aromatic heterocycles. The highest BCUT2D eigenvalue weighted by molar-refractivity contribution is 7.07. The monoisotopic (exact) mass is 417 g/mol. The SMILES string of the molecule is O=C(N=c1sccn1-c1ccc(-c2cc(Cl)ccc2Cl)cc1)N1CCCC1. The predicted octanol–water partition coefficient (Wildman–Crippen LogP) is 5.63. The standard InChI is InChI=1S/C20H17Cl2N3OS/c21-15-5-8-18(22)17(13-15)14-3-6-16(7-4-14)25-11-12-27-20(25)23-19(26)24-9-1-2-10-24/h3-8,11-13H,1-2,9-10H2. The van der Waals surface area contributed by atoms with Crippen molar-refractivity contribution in [2.45, 2.75) is 12.8 Å². The minimum Gasteiger partial charge on any atom is -0.323 e. The number of carbonyl (C=O) groups is 1. The van der Waals surface area contributed by atoms with E-state index in [0.717, 1.165) is 42.7 Å². The second kappa shape index (κ2) is 7.89. The molecule has 0 N–H and O–H groups in total. The fourth-order valence-corrected chi connectivity index (χ4v) is 4.24. The topological polar surface area (TPSA) is 37.6 Å². The van der Waals surface area contributed by atoms with Gasteiger partial charge >= 0.3 is 6.03 Å². The van der Waals surface area contributed by atoms with Crippen LogP contribution in [0.3, 0.4) is 0 Å². The molecule has 0 radical (unpaired) electrons. The summed E-state index contributed by atoms with van der Waals surface area (Å²) in [6.07, 6.45) is 4.03. The first-order valence-electron chi connectivity index (χ1n) is 8.67. The van der Waals surface area contributed by atoms with Crippen LogP contribution in [0.15, 0.2) is 59.0 Å². The van der Waals surface area contributed by atoms with Crippen molar-refractivity contribution < 1.29 is 4.79 Å². The summed E-state index contributed by atoms with van der Waals surface area (Å²) in [5.74, 6) is 0. The number of nitrogens with zero attached hydrogens (tertiary/aromatic N) is 3. The average Bonchev–Trinajstić information content (AvgIpc) is 3.36. The fourth-order valence-electron chi connectivity index (χ4n) is 3.13. The lowest BCUT2D eigenvalue weighted by atomic mass is 10.1. The number of urea groups is 1. The van der Waals surface area contributed by atoms with Gasteiger partial charge in [0.2, 0.25) is 0 Å². The Morgan fingerprint density at radius 2 is 1.78 bits per heavy atom. The molecule has 1 fully saturated rings. The van der Waals surface area contributed by atoms with Crippen LogP contribution in [0.5, 0.6) is 0 Å². The molecule has 3 aromatic rings. The van der Waals surface area contributed by atoms with Crippen LogP contribution in [-0.2, 0) is 0 Å². The number of carbonyl (C=O) groups excluding carboxylic acids is 1. The molecule has 1 saturated heterocycles. The zero-order valence-electron chi connectivity index (χ0n) is 14.4. The number of rotatable bonds is 2. The van der Waals surface area contributed by atoms with E-state index in [1.165, 1.54) is 11.3 Å². The summed E-state index contributed by atoms with van der Waals surface area (Å²) >= 11 is 13.8. The summed E-state index contributed by atoms with van der Waals surface area (Å²) in [5, 5.41) is 3.23. The van der Waals surface area contributed by atoms with Gasteiger partial charge in [-0.05, 0) is 48.7 Å². The number of halogens is 2. The number of likely N-dealkylation sites (tertiary alicyclic amines) is 1. The molecular weight excluding hydrogens is 401 g/mol. The van der Waals surface area contributed by atoms with Crippen LogP contribution in [0.2, 0.25) is 10.0 Å². The van der Waals surface area contributed by atoms with Crippen molar-refractivity contribution in [1.29, 1.82) is 0 Å². The van der Waals surface area contributed by atoms with Gasteiger partial charge in [0, 0.05) is 46.0 Å². The van der Waals surface area contributed by atoms with Gasteiger partial charge in [0.05, 0.1) is 0 Å². The van der Waals surface area contributed by atoms with Gasteiger partial charge in [-0.15, -0.1) is 11.3 Å². The molecule has 7 heteroatoms. The Morgan fingerprint density at radius 3 is 2.52 bits per heavy atom. The maximum absolute atomic E-state index is 12.3. The third-order valence-electron chi connectivity index (χ3n) is 4.54. The van der Waals surface area contributed by atoms with Crippen LogP contribution in [-0.4, -0.2) is 28.6 Å². The predicted molar refractivity (Wildman–Crippen MR) is 111 cm³/mol. The van der Waals surface area contributed by atoms with Crippen molar-refractivity contribution >= 4 is 40.6 Å². The van der Waals surface area contributed by atoms with Gasteiger partial charge in [-0.1, -0.05) is 35.3 Å². The molecule has 1 aliphatic heterocycles. The zero-order chi connectivity index (χ0) is 18.8. The van der Waals surface area contributed by atoms with E-state index < -0.39 is 0 Å². The van der Waals surface area contributed by atoms with Crippen LogP contribution < -0.4 is 4.80 Å². The average molecular weight is 418 g/mol. The van der Waals surface area contributed by atoms with Crippen molar-refractivity contribution in [1.82, 2.24) is 9.47 Å². The minimum absolute atomic E-state index is 0.161. The van der Waals surface area contributed by atoms with Crippen LogP contribution in [0.4, 0.5) is 4.79 Å². The van der Waals surface area contributed by atoms with Crippen LogP contribution in [0.25, 0.3) is 16.8 Å². The van der Waals surface area contributed by atoms with E-state index in [9.17, 15) is 4.79 Å². The highest BCUT2D eigenvalue weighted by atomic mass is 35.5. The zero-order valence-corrected chi connectivity index (χ0v) is 16.8. The van der Waals surface area contributed by atoms with E-state index in [4.69, 9.17) is 23.2 Å². The molecule has 1 aliphatic rings. The summed E-state index contributed by atoms with van der Waals surface area (Å²) in [5.41, 5.74) is 2.81. The molecule has 0 bridgehead atoms. The number of thiazole rings is 1. The third kappa shape index (κ3) is 3.95. The number of aromatic nitrogens is 1. The van der Waals surface area contributed by atoms with E-state index in [-0.39, 0.29) is 6.03 Å². The van der Waals surface area contributed by atoms with Gasteiger partial charge in [0.15, 0.2) is 4.80 Å². The number of hydrogen-bond acceptors (Lipinski definition) is 2. The first-order chi connectivity index (χ1) is 13.1. The summed E-state index contributed by atoms with van der Waals surface area (Å²) in [6, 6.07) is 13.2. The van der Waals surface area contributed by atoms with Crippen LogP contribution >= 0.6 is 34.5 Å². The largest absolute Gasteiger partial charge is 0.346 e. The van der Waals surface area contributed by atoms with Crippen molar-refractivity contribution in [3.63, 3.8) is 0 Å². The Balaban J connectivity index is 1.65. The van der Waals surface area contributed by atoms with Crippen LogP contribution in [0, 0.1) is 0 Å². The summed E-state index contributed by atoms with van der Waals surface area (Å²) in [6.45, 7) is 1.59. The molecule has 4 nitrogen and oxygen atoms in total. The van der Waals surface area contributed by atoms with Crippen molar-refractivity contribution in [2.24, 2.45) is 4.99 Å². The number of benzene rings is 2. The lowest BCUT2D eigenvalue weighted by Gasteiger charge is -2.11. The van der Waals surface area contributed by atoms with Crippen LogP contribution in [0.1, 0.15) is 12.8 Å². The first-order valence-corrected chi connectivity index (χ1v) is 10.3. The van der Waals surface area contributed by atoms with E-state index in [2.05, 4.69) is 4.99 Å². The Hall–Kier alpha value is -2.08. The van der Waals surface area contributed by atoms with E-state index in [0.29, 0.717) is 14.8 Å². The van der Waals surface area contributed by atoms with Gasteiger partial charge < -0.3 is 4.90 Å². The van der Waals surface area contributed by atoms with Gasteiger partial charge in [-0.25, -0.2) is 4.79 Å². The Labute approximate surface area is 171 Å². The summed E-state index contributed by atoms with van der Waals surface area (Å²) in [7, 11) is 0. The molecule has 0 aliphatic carbocycles. The quantitative estimate of drug-likeness (QED) is 0.532. The normalized spacial score (nSPS) is 14.7. The van der Waals surface area contributed by atoms with Crippen molar-refractivity contribution in [2.75, 3.05) is 13.1 Å². The van der Waals surface area contributed by atoms with E-state index >= 15 is 0 Å². The van der Waals surface area contributed by atoms with Gasteiger partial charge in [-0.2, -0.15) is 4.99 Å². The number of amides is 2. The molecule has 2 amide bonds. The highest BCUT2D eigenvalue weighted by Gasteiger charge is 2.17. The number of hydrogen-bond donors (Lipinski definition) is 0. The maximum Gasteiger partial charge on any atom is 0.346 e. The van der Waals surface area contributed by atoms with Gasteiger partial charge in [0.25, 0.3) is 0 Å². The summed E-state index contributed by atoms with van der Waals surface area (Å²) in [4.78, 5) is 19.1. The Morgan fingerprint density at radius 1 is 1.04 bits per heavy atom. The smallest absolute Gasteiger partial charge is 0.323 e. The van der Waals surface area contributed by atoms with Crippen molar-refractivity contribution in [3.05, 3.63) is 68.9 Å². The highest BCUT2D eigenvalue weighted by Crippen LogP contribution is 2.31. The summed E-state index contributed by atoms with van der Waals surface area (Å²) < 4.78 is 1.92. The van der Waals surface area contributed by atoms with Gasteiger partial charge in [0.1, 0.15) is 0 Å². The second-order valence-electron chi connectivity index (χ2n) is 6.32. The Bertz CT molecular complexity index is 1030. The Kier molecular flexibility index (Phi) is 5.34. The molecule has 2 heterocycles. The van der Waals surface area contributed by atoms with E-state index in [1.54, 1.807) is 17.0 Å². The molecule has 0 saturated carbocycles. The maximum atomic E-state index is 12.3. The third-order valence-corrected chi connectivity index (χ3v) is 5.86. The molecule has 2 aromatic carbocycles. The lowest BCUT2D eigenvalue weighted by molar-refractivity contribution is 0.218. The fraction of sp³-hybridized carbons (Fsp3) is 0.200. The van der Waals surface area contributed by atoms with E-state index in [1.807, 2.05) is 46.5 Å².